The second kappa shape index (κ2) is 8.62. The Morgan fingerprint density at radius 3 is 2.76 bits per heavy atom. The van der Waals surface area contributed by atoms with Crippen LogP contribution in [0.2, 0.25) is 5.02 Å². The number of halogens is 1. The summed E-state index contributed by atoms with van der Waals surface area (Å²) in [6.07, 6.45) is 4.16. The Balaban J connectivity index is 1.92. The lowest BCUT2D eigenvalue weighted by Gasteiger charge is -2.33. The minimum absolute atomic E-state index is 0.723. The van der Waals surface area contributed by atoms with Crippen molar-refractivity contribution in [3.63, 3.8) is 0 Å². The van der Waals surface area contributed by atoms with Crippen LogP contribution in [0.1, 0.15) is 31.7 Å². The van der Waals surface area contributed by atoms with Crippen LogP contribution in [0.4, 0.5) is 5.69 Å². The molecule has 21 heavy (non-hydrogen) atoms. The molecule has 0 saturated heterocycles. The molecule has 0 spiro atoms. The fraction of sp³-hybridized carbons (Fsp3) is 0.647. The van der Waals surface area contributed by atoms with Gasteiger partial charge in [-0.15, -0.1) is 0 Å². The first-order valence-electron chi connectivity index (χ1n) is 7.97. The summed E-state index contributed by atoms with van der Waals surface area (Å²) in [5.74, 6) is 0.874. The first kappa shape index (κ1) is 16.6. The van der Waals surface area contributed by atoms with Crippen molar-refractivity contribution >= 4 is 17.3 Å². The van der Waals surface area contributed by atoms with E-state index in [4.69, 9.17) is 16.3 Å². The van der Waals surface area contributed by atoms with E-state index in [-0.39, 0.29) is 0 Å². The number of ether oxygens (including phenoxy) is 1. The van der Waals surface area contributed by atoms with E-state index in [0.29, 0.717) is 0 Å². The van der Waals surface area contributed by atoms with Gasteiger partial charge in [0.25, 0.3) is 0 Å². The van der Waals surface area contributed by atoms with E-state index in [1.807, 2.05) is 0 Å². The number of hydrogen-bond acceptors (Lipinski definition) is 3. The monoisotopic (exact) mass is 310 g/mol. The fourth-order valence-electron chi connectivity index (χ4n) is 2.68. The van der Waals surface area contributed by atoms with Gasteiger partial charge >= 0.3 is 0 Å². The molecule has 1 aliphatic rings. The van der Waals surface area contributed by atoms with Crippen molar-refractivity contribution in [1.82, 2.24) is 5.32 Å². The predicted octanol–water partition coefficient (Wildman–Crippen LogP) is 3.70. The smallest absolute Gasteiger partial charge is 0.0587 e. The van der Waals surface area contributed by atoms with Gasteiger partial charge in [-0.3, -0.25) is 0 Å². The van der Waals surface area contributed by atoms with Gasteiger partial charge in [-0.25, -0.2) is 0 Å². The maximum Gasteiger partial charge on any atom is 0.0587 e. The number of nitrogens with one attached hydrogen (secondary N) is 1. The highest BCUT2D eigenvalue weighted by molar-refractivity contribution is 6.31. The number of nitrogens with zero attached hydrogens (tertiary/aromatic N) is 1. The highest BCUT2D eigenvalue weighted by Gasteiger charge is 2.20. The molecule has 1 fully saturated rings. The number of benzene rings is 1. The molecule has 1 aromatic carbocycles. The zero-order valence-electron chi connectivity index (χ0n) is 13.2. The lowest BCUT2D eigenvalue weighted by Crippen LogP contribution is -2.32. The van der Waals surface area contributed by atoms with Gasteiger partial charge in [-0.2, -0.15) is 0 Å². The molecule has 1 N–H and O–H groups in total. The Morgan fingerprint density at radius 2 is 2.19 bits per heavy atom. The molecule has 0 heterocycles. The average Bonchev–Trinajstić information content (AvgIpc) is 2.44. The summed E-state index contributed by atoms with van der Waals surface area (Å²) in [5.41, 5.74) is 2.39. The van der Waals surface area contributed by atoms with Crippen molar-refractivity contribution in [2.45, 2.75) is 32.7 Å². The third kappa shape index (κ3) is 4.87. The normalized spacial score (nSPS) is 15.0. The fourth-order valence-corrected chi connectivity index (χ4v) is 2.92. The van der Waals surface area contributed by atoms with Crippen LogP contribution in [0.3, 0.4) is 0 Å². The van der Waals surface area contributed by atoms with Crippen LogP contribution < -0.4 is 10.2 Å². The molecule has 0 aliphatic heterocycles. The Hall–Kier alpha value is -0.770. The van der Waals surface area contributed by atoms with Gasteiger partial charge < -0.3 is 15.0 Å². The zero-order valence-corrected chi connectivity index (χ0v) is 14.0. The van der Waals surface area contributed by atoms with Crippen molar-refractivity contribution in [2.75, 3.05) is 38.3 Å². The van der Waals surface area contributed by atoms with Gasteiger partial charge in [0.15, 0.2) is 0 Å². The van der Waals surface area contributed by atoms with Gasteiger partial charge in [-0.1, -0.05) is 24.1 Å². The highest BCUT2D eigenvalue weighted by Crippen LogP contribution is 2.30. The van der Waals surface area contributed by atoms with E-state index >= 15 is 0 Å². The molecule has 0 aromatic heterocycles. The molecule has 3 nitrogen and oxygen atoms in total. The van der Waals surface area contributed by atoms with E-state index in [9.17, 15) is 0 Å². The number of rotatable bonds is 9. The van der Waals surface area contributed by atoms with Crippen LogP contribution in [0.15, 0.2) is 18.2 Å². The van der Waals surface area contributed by atoms with Crippen molar-refractivity contribution in [2.24, 2.45) is 5.92 Å². The summed E-state index contributed by atoms with van der Waals surface area (Å²) in [6.45, 7) is 6.78. The molecule has 0 unspecified atom stereocenters. The van der Waals surface area contributed by atoms with Gasteiger partial charge in [-0.05, 0) is 43.4 Å². The van der Waals surface area contributed by atoms with Crippen LogP contribution in [0.5, 0.6) is 0 Å². The van der Waals surface area contributed by atoms with Gasteiger partial charge in [0.05, 0.1) is 6.61 Å². The summed E-state index contributed by atoms with van der Waals surface area (Å²) in [6, 6.07) is 6.44. The van der Waals surface area contributed by atoms with Crippen LogP contribution in [0.25, 0.3) is 0 Å². The summed E-state index contributed by atoms with van der Waals surface area (Å²) in [4.78, 5) is 2.44. The maximum atomic E-state index is 6.43. The molecule has 1 aromatic rings. The van der Waals surface area contributed by atoms with E-state index in [1.165, 1.54) is 24.9 Å². The predicted molar refractivity (Wildman–Crippen MR) is 90.3 cm³/mol. The minimum Gasteiger partial charge on any atom is -0.383 e. The van der Waals surface area contributed by atoms with E-state index in [0.717, 1.165) is 49.3 Å². The summed E-state index contributed by atoms with van der Waals surface area (Å²) < 4.78 is 5.03. The van der Waals surface area contributed by atoms with Crippen molar-refractivity contribution < 1.29 is 4.74 Å². The van der Waals surface area contributed by atoms with Gasteiger partial charge in [0.2, 0.25) is 0 Å². The minimum atomic E-state index is 0.723. The molecule has 0 radical (unpaired) electrons. The lowest BCUT2D eigenvalue weighted by atomic mass is 9.85. The molecule has 4 heteroatoms. The second-order valence-electron chi connectivity index (χ2n) is 5.78. The zero-order chi connectivity index (χ0) is 15.1. The van der Waals surface area contributed by atoms with E-state index in [1.54, 1.807) is 7.11 Å². The maximum absolute atomic E-state index is 6.43. The lowest BCUT2D eigenvalue weighted by molar-refractivity contribution is 0.199. The Morgan fingerprint density at radius 1 is 1.38 bits per heavy atom. The Kier molecular flexibility index (Phi) is 6.81. The van der Waals surface area contributed by atoms with Crippen LogP contribution >= 0.6 is 11.6 Å². The molecule has 0 atom stereocenters. The van der Waals surface area contributed by atoms with Crippen molar-refractivity contribution in [3.05, 3.63) is 28.8 Å². The molecule has 0 amide bonds. The highest BCUT2D eigenvalue weighted by atomic mass is 35.5. The number of methoxy groups -OCH3 is 1. The van der Waals surface area contributed by atoms with Crippen LogP contribution in [0, 0.1) is 5.92 Å². The van der Waals surface area contributed by atoms with Crippen LogP contribution in [-0.4, -0.2) is 33.4 Å². The summed E-state index contributed by atoms with van der Waals surface area (Å²) in [7, 11) is 1.71. The SMILES string of the molecule is CCN(CC1CCC1)c1ccc(CNCCOC)c(Cl)c1. The van der Waals surface area contributed by atoms with Crippen molar-refractivity contribution in [3.8, 4) is 0 Å². The van der Waals surface area contributed by atoms with Crippen LogP contribution in [-0.2, 0) is 11.3 Å². The first-order chi connectivity index (χ1) is 10.2. The van der Waals surface area contributed by atoms with E-state index in [2.05, 4.69) is 35.3 Å². The molecule has 0 bridgehead atoms. The summed E-state index contributed by atoms with van der Waals surface area (Å²) in [5, 5.41) is 4.18. The standard InChI is InChI=1S/C17H27ClN2O/c1-3-20(13-14-5-4-6-14)16-8-7-15(17(18)11-16)12-19-9-10-21-2/h7-8,11,14,19H,3-6,9-10,12-13H2,1-2H3. The quantitative estimate of drug-likeness (QED) is 0.704. The summed E-state index contributed by atoms with van der Waals surface area (Å²) >= 11 is 6.43. The van der Waals surface area contributed by atoms with Gasteiger partial charge in [0.1, 0.15) is 0 Å². The number of anilines is 1. The molecule has 2 rings (SSSR count). The molecular formula is C17H27ClN2O. The first-order valence-corrected chi connectivity index (χ1v) is 8.35. The second-order valence-corrected chi connectivity index (χ2v) is 6.19. The van der Waals surface area contributed by atoms with E-state index < -0.39 is 0 Å². The average molecular weight is 311 g/mol. The Labute approximate surface area is 133 Å². The molecule has 118 valence electrons. The Bertz CT molecular complexity index is 435. The topological polar surface area (TPSA) is 24.5 Å². The van der Waals surface area contributed by atoms with Gasteiger partial charge in [0, 0.05) is 44.0 Å². The molecular weight excluding hydrogens is 284 g/mol. The van der Waals surface area contributed by atoms with Crippen molar-refractivity contribution in [1.29, 1.82) is 0 Å². The molecule has 1 saturated carbocycles. The molecule has 1 aliphatic carbocycles. The largest absolute Gasteiger partial charge is 0.383 e. The number of hydrogen-bond donors (Lipinski definition) is 1. The third-order valence-corrected chi connectivity index (χ3v) is 4.64. The third-order valence-electron chi connectivity index (χ3n) is 4.29.